The first-order valence-electron chi connectivity index (χ1n) is 8.64. The Morgan fingerprint density at radius 1 is 1.00 bits per heavy atom. The summed E-state index contributed by atoms with van der Waals surface area (Å²) in [4.78, 5) is 2.39. The van der Waals surface area contributed by atoms with Crippen molar-refractivity contribution in [2.45, 2.75) is 45.7 Å². The van der Waals surface area contributed by atoms with E-state index >= 15 is 0 Å². The van der Waals surface area contributed by atoms with Crippen LogP contribution in [-0.4, -0.2) is 50.9 Å². The summed E-state index contributed by atoms with van der Waals surface area (Å²) >= 11 is 0. The summed E-state index contributed by atoms with van der Waals surface area (Å²) in [5, 5.41) is 14.2. The van der Waals surface area contributed by atoms with Crippen molar-refractivity contribution in [1.82, 2.24) is 24.7 Å². The largest absolute Gasteiger partial charge is 0.453 e. The molecule has 0 unspecified atom stereocenters. The number of nitrogens with one attached hydrogen (secondary N) is 1. The number of anilines is 1. The molecule has 1 fully saturated rings. The van der Waals surface area contributed by atoms with Crippen molar-refractivity contribution >= 4 is 11.5 Å². The van der Waals surface area contributed by atoms with Gasteiger partial charge in [-0.2, -0.15) is 17.7 Å². The van der Waals surface area contributed by atoms with Gasteiger partial charge in [-0.15, -0.1) is 15.3 Å². The van der Waals surface area contributed by atoms with Crippen LogP contribution in [0.25, 0.3) is 5.65 Å². The van der Waals surface area contributed by atoms with Crippen LogP contribution in [0.4, 0.5) is 19.0 Å². The van der Waals surface area contributed by atoms with E-state index in [4.69, 9.17) is 0 Å². The zero-order valence-corrected chi connectivity index (χ0v) is 14.5. The Balaban J connectivity index is 1.77. The Morgan fingerprint density at radius 2 is 1.68 bits per heavy atom. The zero-order chi connectivity index (χ0) is 18.0. The van der Waals surface area contributed by atoms with Crippen LogP contribution < -0.4 is 5.32 Å². The highest BCUT2D eigenvalue weighted by Gasteiger charge is 2.38. The molecule has 0 radical (unpaired) electrons. The van der Waals surface area contributed by atoms with E-state index in [2.05, 4.69) is 25.5 Å². The average molecular weight is 356 g/mol. The average Bonchev–Trinajstić information content (AvgIpc) is 2.81. The fraction of sp³-hybridized carbons (Fsp3) is 0.688. The summed E-state index contributed by atoms with van der Waals surface area (Å²) in [7, 11) is 0. The molecule has 0 aromatic carbocycles. The maximum atomic E-state index is 13.1. The Kier molecular flexibility index (Phi) is 5.12. The Morgan fingerprint density at radius 3 is 2.32 bits per heavy atom. The van der Waals surface area contributed by atoms with Gasteiger partial charge in [0.15, 0.2) is 5.65 Å². The summed E-state index contributed by atoms with van der Waals surface area (Å²) in [5.74, 6) is -0.647. The van der Waals surface area contributed by atoms with Crippen LogP contribution in [-0.2, 0) is 6.18 Å². The second kappa shape index (κ2) is 7.15. The fourth-order valence-corrected chi connectivity index (χ4v) is 3.17. The van der Waals surface area contributed by atoms with Gasteiger partial charge in [0.1, 0.15) is 5.82 Å². The minimum Gasteiger partial charge on any atom is -0.367 e. The third-order valence-corrected chi connectivity index (χ3v) is 4.77. The van der Waals surface area contributed by atoms with Gasteiger partial charge in [0, 0.05) is 18.7 Å². The zero-order valence-electron chi connectivity index (χ0n) is 14.5. The van der Waals surface area contributed by atoms with Crippen LogP contribution in [0.2, 0.25) is 0 Å². The summed E-state index contributed by atoms with van der Waals surface area (Å²) in [5.41, 5.74) is 1.59. The molecule has 3 rings (SSSR count). The number of hydrogen-bond acceptors (Lipinski definition) is 5. The van der Waals surface area contributed by atoms with E-state index in [1.807, 2.05) is 6.92 Å². The molecule has 1 N–H and O–H groups in total. The van der Waals surface area contributed by atoms with Crippen molar-refractivity contribution in [3.63, 3.8) is 0 Å². The molecular formula is C16H23F3N6. The number of aromatic nitrogens is 4. The lowest BCUT2D eigenvalue weighted by atomic mass is 10.2. The molecule has 0 spiro atoms. The van der Waals surface area contributed by atoms with Crippen molar-refractivity contribution in [3.8, 4) is 0 Å². The van der Waals surface area contributed by atoms with E-state index < -0.39 is 12.0 Å². The third-order valence-electron chi connectivity index (χ3n) is 4.77. The Hall–Kier alpha value is -1.90. The van der Waals surface area contributed by atoms with Gasteiger partial charge >= 0.3 is 6.18 Å². The number of halogens is 3. The highest BCUT2D eigenvalue weighted by molar-refractivity contribution is 5.58. The van der Waals surface area contributed by atoms with Gasteiger partial charge in [-0.05, 0) is 45.3 Å². The molecule has 0 atom stereocenters. The number of aryl methyl sites for hydroxylation is 1. The molecule has 0 amide bonds. The number of hydrogen-bond donors (Lipinski definition) is 1. The highest BCUT2D eigenvalue weighted by Crippen LogP contribution is 2.29. The monoisotopic (exact) mass is 356 g/mol. The minimum absolute atomic E-state index is 0.142. The standard InChI is InChI=1S/C16H23F3N6/c1-11-12(2)14-21-22-15(16(17,18)19)25(14)23-13(11)20-7-10-24-8-5-3-4-6-9-24/h3-10H2,1-2H3,(H,20,23). The Bertz CT molecular complexity index is 732. The molecule has 1 saturated heterocycles. The highest BCUT2D eigenvalue weighted by atomic mass is 19.4. The van der Waals surface area contributed by atoms with Crippen LogP contribution >= 0.6 is 0 Å². The molecule has 25 heavy (non-hydrogen) atoms. The van der Waals surface area contributed by atoms with Gasteiger partial charge in [-0.1, -0.05) is 12.8 Å². The SMILES string of the molecule is Cc1c(NCCN2CCCCCC2)nn2c(C(F)(F)F)nnc2c1C. The molecule has 0 aliphatic carbocycles. The molecule has 0 bridgehead atoms. The molecular weight excluding hydrogens is 333 g/mol. The maximum absolute atomic E-state index is 13.1. The van der Waals surface area contributed by atoms with Crippen molar-refractivity contribution in [3.05, 3.63) is 17.0 Å². The van der Waals surface area contributed by atoms with Crippen LogP contribution in [0, 0.1) is 13.8 Å². The maximum Gasteiger partial charge on any atom is 0.453 e. The van der Waals surface area contributed by atoms with Crippen molar-refractivity contribution in [1.29, 1.82) is 0 Å². The summed E-state index contributed by atoms with van der Waals surface area (Å²) < 4.78 is 40.0. The molecule has 2 aromatic rings. The Labute approximate surface area is 144 Å². The van der Waals surface area contributed by atoms with Crippen LogP contribution in [0.5, 0.6) is 0 Å². The summed E-state index contributed by atoms with van der Waals surface area (Å²) in [6.07, 6.45) is 0.371. The molecule has 138 valence electrons. The second-order valence-corrected chi connectivity index (χ2v) is 6.54. The van der Waals surface area contributed by atoms with E-state index in [-0.39, 0.29) is 5.65 Å². The lowest BCUT2D eigenvalue weighted by molar-refractivity contribution is -0.146. The fourth-order valence-electron chi connectivity index (χ4n) is 3.17. The second-order valence-electron chi connectivity index (χ2n) is 6.54. The number of likely N-dealkylation sites (tertiary alicyclic amines) is 1. The predicted molar refractivity (Wildman–Crippen MR) is 88.7 cm³/mol. The normalized spacial score (nSPS) is 17.0. The van der Waals surface area contributed by atoms with E-state index in [1.165, 1.54) is 25.7 Å². The molecule has 9 heteroatoms. The molecule has 6 nitrogen and oxygen atoms in total. The first-order valence-corrected chi connectivity index (χ1v) is 8.64. The van der Waals surface area contributed by atoms with Gasteiger partial charge in [-0.25, -0.2) is 0 Å². The van der Waals surface area contributed by atoms with Gasteiger partial charge in [0.05, 0.1) is 0 Å². The quantitative estimate of drug-likeness (QED) is 0.912. The molecule has 1 aliphatic rings. The van der Waals surface area contributed by atoms with Crippen LogP contribution in [0.3, 0.4) is 0 Å². The van der Waals surface area contributed by atoms with Crippen molar-refractivity contribution < 1.29 is 13.2 Å². The lowest BCUT2D eigenvalue weighted by Gasteiger charge is -2.20. The third kappa shape index (κ3) is 3.86. The predicted octanol–water partition coefficient (Wildman–Crippen LogP) is 3.05. The van der Waals surface area contributed by atoms with Crippen LogP contribution in [0.15, 0.2) is 0 Å². The van der Waals surface area contributed by atoms with Crippen molar-refractivity contribution in [2.75, 3.05) is 31.5 Å². The first kappa shape index (κ1) is 17.9. The molecule has 3 heterocycles. The van der Waals surface area contributed by atoms with E-state index in [1.54, 1.807) is 6.92 Å². The number of fused-ring (bicyclic) bond motifs is 1. The molecule has 0 saturated carbocycles. The molecule has 2 aromatic heterocycles. The number of nitrogens with zero attached hydrogens (tertiary/aromatic N) is 5. The van der Waals surface area contributed by atoms with Gasteiger partial charge < -0.3 is 10.2 Å². The smallest absolute Gasteiger partial charge is 0.367 e. The molecule has 1 aliphatic heterocycles. The van der Waals surface area contributed by atoms with Gasteiger partial charge in [0.2, 0.25) is 0 Å². The number of rotatable bonds is 4. The van der Waals surface area contributed by atoms with Crippen molar-refractivity contribution in [2.24, 2.45) is 0 Å². The topological polar surface area (TPSA) is 58.4 Å². The summed E-state index contributed by atoms with van der Waals surface area (Å²) in [6, 6.07) is 0. The number of alkyl halides is 3. The van der Waals surface area contributed by atoms with E-state index in [0.717, 1.165) is 29.7 Å². The minimum atomic E-state index is -4.59. The van der Waals surface area contributed by atoms with Gasteiger partial charge in [-0.3, -0.25) is 0 Å². The first-order chi connectivity index (χ1) is 11.9. The van der Waals surface area contributed by atoms with Gasteiger partial charge in [0.25, 0.3) is 5.82 Å². The van der Waals surface area contributed by atoms with Crippen LogP contribution in [0.1, 0.15) is 42.6 Å². The summed E-state index contributed by atoms with van der Waals surface area (Å²) in [6.45, 7) is 7.22. The van der Waals surface area contributed by atoms with E-state index in [0.29, 0.717) is 17.9 Å². The van der Waals surface area contributed by atoms with E-state index in [9.17, 15) is 13.2 Å². The lowest BCUT2D eigenvalue weighted by Crippen LogP contribution is -2.30.